The standard InChI is InChI=1S/C10H15ClN2O5S/c11-7-2-1-3-8(12)9(7)19(17,18)13-10(4-14,5-15)6-16/h1-3,13-16H,4-6,12H2. The highest BCUT2D eigenvalue weighted by Crippen LogP contribution is 2.27. The van der Waals surface area contributed by atoms with Crippen molar-refractivity contribution in [3.05, 3.63) is 23.2 Å². The van der Waals surface area contributed by atoms with Gasteiger partial charge in [0.15, 0.2) is 0 Å². The van der Waals surface area contributed by atoms with Crippen LogP contribution in [0.5, 0.6) is 0 Å². The Hall–Kier alpha value is -0.900. The number of benzene rings is 1. The number of hydrogen-bond donors (Lipinski definition) is 5. The Labute approximate surface area is 115 Å². The van der Waals surface area contributed by atoms with E-state index < -0.39 is 35.4 Å². The maximum Gasteiger partial charge on any atom is 0.244 e. The first-order chi connectivity index (χ1) is 8.82. The number of sulfonamides is 1. The molecule has 0 spiro atoms. The van der Waals surface area contributed by atoms with Gasteiger partial charge in [0.05, 0.1) is 30.5 Å². The molecule has 0 unspecified atom stereocenters. The van der Waals surface area contributed by atoms with E-state index in [4.69, 9.17) is 32.7 Å². The van der Waals surface area contributed by atoms with Gasteiger partial charge < -0.3 is 21.1 Å². The fourth-order valence-corrected chi connectivity index (χ4v) is 3.45. The lowest BCUT2D eigenvalue weighted by Gasteiger charge is -2.28. The van der Waals surface area contributed by atoms with Gasteiger partial charge in [-0.15, -0.1) is 0 Å². The van der Waals surface area contributed by atoms with Gasteiger partial charge in [-0.05, 0) is 12.1 Å². The highest BCUT2D eigenvalue weighted by molar-refractivity contribution is 7.89. The van der Waals surface area contributed by atoms with Gasteiger partial charge in [-0.3, -0.25) is 0 Å². The number of aliphatic hydroxyl groups is 3. The maximum absolute atomic E-state index is 12.2. The van der Waals surface area contributed by atoms with Gasteiger partial charge >= 0.3 is 0 Å². The summed E-state index contributed by atoms with van der Waals surface area (Å²) in [4.78, 5) is -0.364. The monoisotopic (exact) mass is 310 g/mol. The van der Waals surface area contributed by atoms with Crippen molar-refractivity contribution in [2.45, 2.75) is 10.4 Å². The van der Waals surface area contributed by atoms with E-state index in [1.54, 1.807) is 0 Å². The number of hydrogen-bond acceptors (Lipinski definition) is 6. The number of rotatable bonds is 6. The SMILES string of the molecule is Nc1cccc(Cl)c1S(=O)(=O)NC(CO)(CO)CO. The molecule has 19 heavy (non-hydrogen) atoms. The van der Waals surface area contributed by atoms with E-state index >= 15 is 0 Å². The van der Waals surface area contributed by atoms with Crippen molar-refractivity contribution >= 4 is 27.3 Å². The van der Waals surface area contributed by atoms with E-state index in [-0.39, 0.29) is 15.6 Å². The molecule has 0 saturated carbocycles. The molecule has 9 heteroatoms. The summed E-state index contributed by atoms with van der Waals surface area (Å²) in [5, 5.41) is 27.2. The van der Waals surface area contributed by atoms with Crippen LogP contribution in [0.1, 0.15) is 0 Å². The van der Waals surface area contributed by atoms with Crippen LogP contribution in [0.25, 0.3) is 0 Å². The molecule has 1 aromatic carbocycles. The zero-order valence-corrected chi connectivity index (χ0v) is 11.4. The summed E-state index contributed by atoms with van der Waals surface area (Å²) in [6.07, 6.45) is 0. The van der Waals surface area contributed by atoms with Crippen LogP contribution in [-0.4, -0.2) is 49.1 Å². The summed E-state index contributed by atoms with van der Waals surface area (Å²) in [6.45, 7) is -2.36. The Balaban J connectivity index is 3.26. The summed E-state index contributed by atoms with van der Waals surface area (Å²) >= 11 is 5.79. The van der Waals surface area contributed by atoms with Crippen LogP contribution in [0.2, 0.25) is 5.02 Å². The predicted octanol–water partition coefficient (Wildman–Crippen LogP) is -1.08. The van der Waals surface area contributed by atoms with Crippen molar-refractivity contribution in [1.29, 1.82) is 0 Å². The summed E-state index contributed by atoms with van der Waals surface area (Å²) in [7, 11) is -4.20. The maximum atomic E-state index is 12.2. The highest BCUT2D eigenvalue weighted by Gasteiger charge is 2.35. The summed E-state index contributed by atoms with van der Waals surface area (Å²) in [5.74, 6) is 0. The second kappa shape index (κ2) is 6.04. The molecular formula is C10H15ClN2O5S. The molecule has 6 N–H and O–H groups in total. The summed E-state index contributed by atoms with van der Waals surface area (Å²) < 4.78 is 26.3. The molecule has 0 bridgehead atoms. The molecule has 1 aromatic rings. The van der Waals surface area contributed by atoms with Gasteiger partial charge in [-0.2, -0.15) is 4.72 Å². The minimum absolute atomic E-state index is 0.0808. The number of nitrogens with two attached hydrogens (primary N) is 1. The van der Waals surface area contributed by atoms with Gasteiger partial charge in [0.1, 0.15) is 10.4 Å². The molecule has 0 aromatic heterocycles. The number of aliphatic hydroxyl groups excluding tert-OH is 3. The van der Waals surface area contributed by atoms with E-state index in [9.17, 15) is 8.42 Å². The van der Waals surface area contributed by atoms with Crippen LogP contribution in [0, 0.1) is 0 Å². The molecule has 0 fully saturated rings. The Morgan fingerprint density at radius 3 is 2.16 bits per heavy atom. The number of halogens is 1. The van der Waals surface area contributed by atoms with E-state index in [1.165, 1.54) is 18.2 Å². The molecule has 0 aliphatic rings. The molecule has 0 heterocycles. The molecule has 0 atom stereocenters. The van der Waals surface area contributed by atoms with Crippen molar-refractivity contribution in [2.24, 2.45) is 0 Å². The zero-order chi connectivity index (χ0) is 14.7. The summed E-state index contributed by atoms with van der Waals surface area (Å²) in [5.41, 5.74) is 3.69. The molecular weight excluding hydrogens is 296 g/mol. The first-order valence-corrected chi connectivity index (χ1v) is 7.08. The third-order valence-corrected chi connectivity index (χ3v) is 4.65. The van der Waals surface area contributed by atoms with Crippen molar-refractivity contribution in [1.82, 2.24) is 4.72 Å². The Morgan fingerprint density at radius 1 is 1.21 bits per heavy atom. The molecule has 0 amide bonds. The molecule has 1 rings (SSSR count). The molecule has 0 aliphatic heterocycles. The fraction of sp³-hybridized carbons (Fsp3) is 0.400. The number of anilines is 1. The molecule has 0 saturated heterocycles. The van der Waals surface area contributed by atoms with Crippen LogP contribution in [-0.2, 0) is 10.0 Å². The first kappa shape index (κ1) is 16.2. The number of nitrogens with one attached hydrogen (secondary N) is 1. The second-order valence-corrected chi connectivity index (χ2v) is 6.04. The van der Waals surface area contributed by atoms with E-state index in [0.29, 0.717) is 0 Å². The quantitative estimate of drug-likeness (QED) is 0.424. The predicted molar refractivity (Wildman–Crippen MR) is 70.2 cm³/mol. The van der Waals surface area contributed by atoms with Crippen LogP contribution >= 0.6 is 11.6 Å². The Bertz CT molecular complexity index is 516. The number of nitrogen functional groups attached to an aromatic ring is 1. The minimum Gasteiger partial charge on any atom is -0.398 e. The lowest BCUT2D eigenvalue weighted by atomic mass is 10.1. The minimum atomic E-state index is -4.20. The van der Waals surface area contributed by atoms with Gasteiger partial charge in [0, 0.05) is 0 Å². The van der Waals surface area contributed by atoms with E-state index in [0.717, 1.165) is 0 Å². The Kier molecular flexibility index (Phi) is 5.13. The highest BCUT2D eigenvalue weighted by atomic mass is 35.5. The van der Waals surface area contributed by atoms with Gasteiger partial charge in [-0.25, -0.2) is 8.42 Å². The van der Waals surface area contributed by atoms with Crippen molar-refractivity contribution < 1.29 is 23.7 Å². The smallest absolute Gasteiger partial charge is 0.244 e. The summed E-state index contributed by atoms with van der Waals surface area (Å²) in [6, 6.07) is 4.16. The molecule has 0 radical (unpaired) electrons. The van der Waals surface area contributed by atoms with Crippen LogP contribution in [0.4, 0.5) is 5.69 Å². The van der Waals surface area contributed by atoms with Crippen LogP contribution in [0.3, 0.4) is 0 Å². The van der Waals surface area contributed by atoms with E-state index in [2.05, 4.69) is 0 Å². The first-order valence-electron chi connectivity index (χ1n) is 5.22. The lowest BCUT2D eigenvalue weighted by Crippen LogP contribution is -2.56. The second-order valence-electron chi connectivity index (χ2n) is 4.02. The van der Waals surface area contributed by atoms with Crippen molar-refractivity contribution in [3.63, 3.8) is 0 Å². The Morgan fingerprint density at radius 2 is 1.74 bits per heavy atom. The average molecular weight is 311 g/mol. The van der Waals surface area contributed by atoms with Crippen LogP contribution in [0.15, 0.2) is 23.1 Å². The largest absolute Gasteiger partial charge is 0.398 e. The van der Waals surface area contributed by atoms with Crippen molar-refractivity contribution in [3.8, 4) is 0 Å². The zero-order valence-electron chi connectivity index (χ0n) is 9.88. The molecule has 108 valence electrons. The normalized spacial score (nSPS) is 12.6. The molecule has 0 aliphatic carbocycles. The van der Waals surface area contributed by atoms with Gasteiger partial charge in [0.25, 0.3) is 0 Å². The van der Waals surface area contributed by atoms with Gasteiger partial charge in [-0.1, -0.05) is 17.7 Å². The average Bonchev–Trinajstić information content (AvgIpc) is 2.35. The van der Waals surface area contributed by atoms with E-state index in [1.807, 2.05) is 4.72 Å². The topological polar surface area (TPSA) is 133 Å². The van der Waals surface area contributed by atoms with Crippen molar-refractivity contribution in [2.75, 3.05) is 25.6 Å². The lowest BCUT2D eigenvalue weighted by molar-refractivity contribution is 0.0582. The third kappa shape index (κ3) is 3.35. The van der Waals surface area contributed by atoms with Gasteiger partial charge in [0.2, 0.25) is 10.0 Å². The molecule has 7 nitrogen and oxygen atoms in total. The third-order valence-electron chi connectivity index (χ3n) is 2.53. The fourth-order valence-electron chi connectivity index (χ4n) is 1.39. The van der Waals surface area contributed by atoms with Crippen LogP contribution < -0.4 is 10.5 Å².